The van der Waals surface area contributed by atoms with Crippen LogP contribution in [0.3, 0.4) is 0 Å². The number of pyridine rings is 4. The minimum atomic E-state index is 0.694. The van der Waals surface area contributed by atoms with Crippen molar-refractivity contribution < 1.29 is 4.98 Å². The molecule has 4 aromatic heterocycles. The predicted molar refractivity (Wildman–Crippen MR) is 128 cm³/mol. The van der Waals surface area contributed by atoms with Crippen molar-refractivity contribution in [2.24, 2.45) is 0 Å². The maximum absolute atomic E-state index is 4.68. The number of hydrogen-bond acceptors (Lipinski definition) is 4. The second-order valence-electron chi connectivity index (χ2n) is 7.95. The van der Waals surface area contributed by atoms with E-state index in [-0.39, 0.29) is 0 Å². The second-order valence-corrected chi connectivity index (χ2v) is 7.95. The average molecular weight is 419 g/mol. The summed E-state index contributed by atoms with van der Waals surface area (Å²) in [7, 11) is 0. The Morgan fingerprint density at radius 3 is 2.44 bits per heavy atom. The molecule has 0 saturated carbocycles. The van der Waals surface area contributed by atoms with Crippen LogP contribution in [0.15, 0.2) is 85.5 Å². The number of aromatic amines is 1. The van der Waals surface area contributed by atoms with Gasteiger partial charge in [-0.1, -0.05) is 24.3 Å². The Balaban J connectivity index is 1.35. The zero-order chi connectivity index (χ0) is 21.9. The molecular formula is C27H24N5+. The summed E-state index contributed by atoms with van der Waals surface area (Å²) in [6.45, 7) is 4.75. The Hall–Kier alpha value is -4.12. The lowest BCUT2D eigenvalue weighted by atomic mass is 10.0. The van der Waals surface area contributed by atoms with Crippen LogP contribution in [0.4, 0.5) is 5.82 Å². The van der Waals surface area contributed by atoms with E-state index in [2.05, 4.69) is 74.6 Å². The van der Waals surface area contributed by atoms with Crippen LogP contribution in [0.25, 0.3) is 33.2 Å². The Labute approximate surface area is 187 Å². The van der Waals surface area contributed by atoms with Crippen LogP contribution < -0.4 is 10.3 Å². The number of hydrogen-bond donors (Lipinski definition) is 1. The van der Waals surface area contributed by atoms with Crippen molar-refractivity contribution in [3.05, 3.63) is 102 Å². The highest BCUT2D eigenvalue weighted by Gasteiger charge is 2.07. The van der Waals surface area contributed by atoms with E-state index in [1.54, 1.807) is 0 Å². The molecule has 0 radical (unpaired) electrons. The van der Waals surface area contributed by atoms with Crippen molar-refractivity contribution in [2.75, 3.05) is 5.32 Å². The number of fused-ring (bicyclic) bond motifs is 1. The molecule has 1 aromatic carbocycles. The van der Waals surface area contributed by atoms with Gasteiger partial charge in [-0.3, -0.25) is 9.97 Å². The van der Waals surface area contributed by atoms with Crippen LogP contribution in [0.2, 0.25) is 0 Å². The molecule has 0 bridgehead atoms. The van der Waals surface area contributed by atoms with Crippen LogP contribution in [0, 0.1) is 13.8 Å². The summed E-state index contributed by atoms with van der Waals surface area (Å²) in [4.78, 5) is 16.7. The molecule has 0 aliphatic carbocycles. The van der Waals surface area contributed by atoms with Gasteiger partial charge in [0, 0.05) is 60.8 Å². The molecule has 0 spiro atoms. The lowest BCUT2D eigenvalue weighted by molar-refractivity contribution is -0.387. The van der Waals surface area contributed by atoms with E-state index in [0.717, 1.165) is 39.2 Å². The van der Waals surface area contributed by atoms with Crippen molar-refractivity contribution >= 4 is 16.6 Å². The highest BCUT2D eigenvalue weighted by atomic mass is 15.0. The molecule has 5 nitrogen and oxygen atoms in total. The van der Waals surface area contributed by atoms with Crippen molar-refractivity contribution in [1.82, 2.24) is 15.0 Å². The van der Waals surface area contributed by atoms with Gasteiger partial charge in [-0.2, -0.15) is 0 Å². The van der Waals surface area contributed by atoms with Crippen LogP contribution in [-0.4, -0.2) is 15.0 Å². The molecule has 0 saturated heterocycles. The van der Waals surface area contributed by atoms with Crippen molar-refractivity contribution in [3.8, 4) is 22.4 Å². The van der Waals surface area contributed by atoms with E-state index in [0.29, 0.717) is 6.54 Å². The largest absolute Gasteiger partial charge is 0.365 e. The molecule has 5 rings (SSSR count). The third-order valence-corrected chi connectivity index (χ3v) is 5.53. The SMILES string of the molecule is Cc1cc(-c2cc3ccnc(NCc4ccc(-c5cc[nH+]c(C)c5)cc4)c3cn2)ccn1. The Morgan fingerprint density at radius 2 is 1.62 bits per heavy atom. The van der Waals surface area contributed by atoms with Crippen molar-refractivity contribution in [3.63, 3.8) is 0 Å². The smallest absolute Gasteiger partial charge is 0.177 e. The number of aromatic nitrogens is 4. The maximum Gasteiger partial charge on any atom is 0.177 e. The summed E-state index contributed by atoms with van der Waals surface area (Å²) in [5.41, 5.74) is 7.74. The average Bonchev–Trinajstić information content (AvgIpc) is 2.82. The van der Waals surface area contributed by atoms with Gasteiger partial charge in [0.2, 0.25) is 0 Å². The summed E-state index contributed by atoms with van der Waals surface area (Å²) < 4.78 is 0. The fraction of sp³-hybridized carbons (Fsp3) is 0.111. The summed E-state index contributed by atoms with van der Waals surface area (Å²) in [6.07, 6.45) is 7.53. The van der Waals surface area contributed by atoms with Gasteiger partial charge in [0.1, 0.15) is 5.82 Å². The fourth-order valence-electron chi connectivity index (χ4n) is 3.84. The minimum Gasteiger partial charge on any atom is -0.365 e. The number of nitrogens with zero attached hydrogens (tertiary/aromatic N) is 3. The summed E-state index contributed by atoms with van der Waals surface area (Å²) in [6, 6.07) is 21.0. The third-order valence-electron chi connectivity index (χ3n) is 5.53. The molecule has 0 aliphatic rings. The normalized spacial score (nSPS) is 10.9. The molecule has 156 valence electrons. The van der Waals surface area contributed by atoms with Crippen LogP contribution in [-0.2, 0) is 6.54 Å². The van der Waals surface area contributed by atoms with Crippen molar-refractivity contribution in [2.45, 2.75) is 20.4 Å². The molecule has 32 heavy (non-hydrogen) atoms. The van der Waals surface area contributed by atoms with E-state index in [9.17, 15) is 0 Å². The molecule has 5 aromatic rings. The molecule has 5 heteroatoms. The van der Waals surface area contributed by atoms with Gasteiger partial charge >= 0.3 is 0 Å². The van der Waals surface area contributed by atoms with Gasteiger partial charge in [0.05, 0.1) is 5.69 Å². The van der Waals surface area contributed by atoms with Crippen LogP contribution in [0.5, 0.6) is 0 Å². The first kappa shape index (κ1) is 19.8. The predicted octanol–water partition coefficient (Wildman–Crippen LogP) is 5.40. The third kappa shape index (κ3) is 4.18. The van der Waals surface area contributed by atoms with E-state index >= 15 is 0 Å². The Bertz CT molecular complexity index is 1390. The number of benzene rings is 1. The molecule has 0 aliphatic heterocycles. The summed E-state index contributed by atoms with van der Waals surface area (Å²) in [5.74, 6) is 0.839. The highest BCUT2D eigenvalue weighted by molar-refractivity contribution is 5.93. The first-order valence-electron chi connectivity index (χ1n) is 10.6. The number of aryl methyl sites for hydroxylation is 2. The van der Waals surface area contributed by atoms with E-state index in [1.165, 1.54) is 16.7 Å². The van der Waals surface area contributed by atoms with E-state index in [1.807, 2.05) is 49.9 Å². The number of H-pyrrole nitrogens is 1. The van der Waals surface area contributed by atoms with Crippen molar-refractivity contribution in [1.29, 1.82) is 0 Å². The van der Waals surface area contributed by atoms with Gasteiger partial charge in [-0.05, 0) is 53.3 Å². The lowest BCUT2D eigenvalue weighted by Gasteiger charge is -2.10. The molecular weight excluding hydrogens is 394 g/mol. The van der Waals surface area contributed by atoms with Gasteiger partial charge < -0.3 is 5.32 Å². The van der Waals surface area contributed by atoms with E-state index < -0.39 is 0 Å². The molecule has 2 N–H and O–H groups in total. The molecule has 0 amide bonds. The second kappa shape index (κ2) is 8.55. The Morgan fingerprint density at radius 1 is 0.781 bits per heavy atom. The quantitative estimate of drug-likeness (QED) is 0.415. The topological polar surface area (TPSA) is 64.8 Å². The molecule has 0 atom stereocenters. The summed E-state index contributed by atoms with van der Waals surface area (Å²) >= 11 is 0. The van der Waals surface area contributed by atoms with E-state index in [4.69, 9.17) is 0 Å². The highest BCUT2D eigenvalue weighted by Crippen LogP contribution is 2.26. The zero-order valence-corrected chi connectivity index (χ0v) is 18.1. The maximum atomic E-state index is 4.68. The number of anilines is 1. The van der Waals surface area contributed by atoms with Crippen LogP contribution >= 0.6 is 0 Å². The lowest BCUT2D eigenvalue weighted by Crippen LogP contribution is -2.05. The Kier molecular flexibility index (Phi) is 5.30. The molecule has 0 unspecified atom stereocenters. The van der Waals surface area contributed by atoms with Gasteiger partial charge in [-0.15, -0.1) is 0 Å². The number of rotatable bonds is 5. The molecule has 0 fully saturated rings. The zero-order valence-electron chi connectivity index (χ0n) is 18.1. The number of nitrogens with one attached hydrogen (secondary N) is 2. The van der Waals surface area contributed by atoms with Gasteiger partial charge in [0.25, 0.3) is 0 Å². The monoisotopic (exact) mass is 418 g/mol. The minimum absolute atomic E-state index is 0.694. The van der Waals surface area contributed by atoms with Crippen LogP contribution in [0.1, 0.15) is 17.0 Å². The van der Waals surface area contributed by atoms with Gasteiger partial charge in [0.15, 0.2) is 11.9 Å². The first-order chi connectivity index (χ1) is 15.7. The van der Waals surface area contributed by atoms with Gasteiger partial charge in [-0.25, -0.2) is 9.97 Å². The fourth-order valence-corrected chi connectivity index (χ4v) is 3.84. The standard InChI is InChI=1S/C27H23N5/c1-18-13-22(7-10-28-18)21-5-3-20(4-6-21)16-32-27-25-17-31-26(15-23(25)8-12-30-27)24-9-11-29-19(2)14-24/h3-15,17H,16H2,1-2H3,(H,30,32)/p+1. The first-order valence-corrected chi connectivity index (χ1v) is 10.6. The molecule has 4 heterocycles. The summed E-state index contributed by atoms with van der Waals surface area (Å²) in [5, 5.41) is 5.59.